The maximum Gasteiger partial charge on any atom is 0.255 e. The summed E-state index contributed by atoms with van der Waals surface area (Å²) in [5.74, 6) is 1.32. The van der Waals surface area contributed by atoms with Crippen LogP contribution in [0, 0.1) is 5.92 Å². The highest BCUT2D eigenvalue weighted by Gasteiger charge is 2.18. The summed E-state index contributed by atoms with van der Waals surface area (Å²) in [5.41, 5.74) is 5.20. The maximum absolute atomic E-state index is 12.7. The van der Waals surface area contributed by atoms with Crippen molar-refractivity contribution in [1.29, 1.82) is 0 Å². The van der Waals surface area contributed by atoms with Crippen LogP contribution in [0.5, 0.6) is 5.75 Å². The van der Waals surface area contributed by atoms with Crippen molar-refractivity contribution in [3.05, 3.63) is 53.0 Å². The number of carbonyl (C=O) groups excluding carboxylic acids is 1. The van der Waals surface area contributed by atoms with Gasteiger partial charge < -0.3 is 15.4 Å². The molecule has 1 aliphatic rings. The van der Waals surface area contributed by atoms with E-state index in [-0.39, 0.29) is 5.91 Å². The first-order valence-corrected chi connectivity index (χ1v) is 9.63. The molecule has 0 saturated carbocycles. The Morgan fingerprint density at radius 2 is 2.27 bits per heavy atom. The van der Waals surface area contributed by atoms with Gasteiger partial charge in [0.25, 0.3) is 5.91 Å². The molecule has 1 amide bonds. The number of methoxy groups -OCH3 is 1. The molecule has 3 aromatic rings. The number of rotatable bonds is 5. The van der Waals surface area contributed by atoms with E-state index in [1.807, 2.05) is 41.9 Å². The monoisotopic (exact) mass is 367 g/mol. The molecule has 2 N–H and O–H groups in total. The molecule has 1 saturated heterocycles. The largest absolute Gasteiger partial charge is 0.496 e. The minimum Gasteiger partial charge on any atom is -0.496 e. The van der Waals surface area contributed by atoms with Crippen molar-refractivity contribution in [3.63, 3.8) is 0 Å². The number of benzene rings is 2. The lowest BCUT2D eigenvalue weighted by atomic mass is 9.96. The number of thiazole rings is 1. The van der Waals surface area contributed by atoms with Crippen molar-refractivity contribution >= 4 is 33.1 Å². The van der Waals surface area contributed by atoms with Crippen molar-refractivity contribution in [2.75, 3.05) is 25.5 Å². The van der Waals surface area contributed by atoms with E-state index in [2.05, 4.69) is 15.6 Å². The number of hydrogen-bond acceptors (Lipinski definition) is 5. The van der Waals surface area contributed by atoms with Crippen LogP contribution < -0.4 is 15.4 Å². The van der Waals surface area contributed by atoms with Crippen LogP contribution in [-0.4, -0.2) is 31.1 Å². The average Bonchev–Trinajstić information content (AvgIpc) is 3.32. The topological polar surface area (TPSA) is 63.2 Å². The molecule has 1 atom stereocenters. The van der Waals surface area contributed by atoms with Crippen LogP contribution in [0.3, 0.4) is 0 Å². The number of hydrogen-bond donors (Lipinski definition) is 2. The van der Waals surface area contributed by atoms with Gasteiger partial charge in [-0.05, 0) is 73.8 Å². The van der Waals surface area contributed by atoms with Gasteiger partial charge in [-0.3, -0.25) is 4.79 Å². The van der Waals surface area contributed by atoms with Gasteiger partial charge in [0.2, 0.25) is 0 Å². The van der Waals surface area contributed by atoms with E-state index < -0.39 is 0 Å². The predicted octanol–water partition coefficient (Wildman–Crippen LogP) is 3.71. The van der Waals surface area contributed by atoms with Crippen molar-refractivity contribution in [3.8, 4) is 5.75 Å². The Balaban J connectivity index is 1.54. The molecular formula is C20H21N3O2S. The number of nitrogens with zero attached hydrogens (tertiary/aromatic N) is 1. The number of anilines is 1. The van der Waals surface area contributed by atoms with Gasteiger partial charge in [0.05, 0.1) is 22.8 Å². The van der Waals surface area contributed by atoms with Gasteiger partial charge in [0.15, 0.2) is 0 Å². The molecule has 0 radical (unpaired) electrons. The molecule has 26 heavy (non-hydrogen) atoms. The summed E-state index contributed by atoms with van der Waals surface area (Å²) in [6, 6.07) is 11.4. The average molecular weight is 367 g/mol. The fraction of sp³-hybridized carbons (Fsp3) is 0.300. The molecule has 0 bridgehead atoms. The van der Waals surface area contributed by atoms with E-state index >= 15 is 0 Å². The van der Waals surface area contributed by atoms with E-state index in [9.17, 15) is 4.79 Å². The zero-order valence-corrected chi connectivity index (χ0v) is 15.4. The normalized spacial score (nSPS) is 16.7. The number of fused-ring (bicyclic) bond motifs is 1. The number of aromatic nitrogens is 1. The Bertz CT molecular complexity index is 932. The van der Waals surface area contributed by atoms with E-state index in [0.29, 0.717) is 11.5 Å². The minimum atomic E-state index is -0.118. The summed E-state index contributed by atoms with van der Waals surface area (Å²) in [7, 11) is 1.68. The molecular weight excluding hydrogens is 346 g/mol. The third kappa shape index (κ3) is 3.57. The van der Waals surface area contributed by atoms with Gasteiger partial charge >= 0.3 is 0 Å². The lowest BCUT2D eigenvalue weighted by Crippen LogP contribution is -2.14. The number of amides is 1. The third-order valence-corrected chi connectivity index (χ3v) is 5.61. The quantitative estimate of drug-likeness (QED) is 0.722. The van der Waals surface area contributed by atoms with Gasteiger partial charge in [-0.2, -0.15) is 0 Å². The second kappa shape index (κ2) is 7.43. The van der Waals surface area contributed by atoms with Crippen LogP contribution in [0.2, 0.25) is 0 Å². The second-order valence-corrected chi connectivity index (χ2v) is 7.46. The lowest BCUT2D eigenvalue weighted by molar-refractivity contribution is 0.102. The Morgan fingerprint density at radius 3 is 3.08 bits per heavy atom. The Kier molecular flexibility index (Phi) is 4.86. The fourth-order valence-corrected chi connectivity index (χ4v) is 4.08. The van der Waals surface area contributed by atoms with Crippen LogP contribution in [-0.2, 0) is 6.42 Å². The van der Waals surface area contributed by atoms with Gasteiger partial charge in [0.1, 0.15) is 5.75 Å². The zero-order valence-electron chi connectivity index (χ0n) is 14.6. The lowest BCUT2D eigenvalue weighted by Gasteiger charge is -2.14. The summed E-state index contributed by atoms with van der Waals surface area (Å²) >= 11 is 1.59. The standard InChI is InChI=1S/C20H21N3O2S/c1-25-18-4-2-14(9-15(18)8-13-6-7-21-11-13)20(24)23-16-3-5-19-17(10-16)22-12-26-19/h2-5,9-10,12-13,21H,6-8,11H2,1H3,(H,23,24). The highest BCUT2D eigenvalue weighted by atomic mass is 32.1. The van der Waals surface area contributed by atoms with Crippen molar-refractivity contribution in [2.24, 2.45) is 5.92 Å². The predicted molar refractivity (Wildman–Crippen MR) is 105 cm³/mol. The first-order valence-electron chi connectivity index (χ1n) is 8.75. The Labute approximate surface area is 156 Å². The van der Waals surface area contributed by atoms with Gasteiger partial charge in [-0.15, -0.1) is 11.3 Å². The Morgan fingerprint density at radius 1 is 1.35 bits per heavy atom. The van der Waals surface area contributed by atoms with Crippen LogP contribution in [0.15, 0.2) is 41.9 Å². The third-order valence-electron chi connectivity index (χ3n) is 4.80. The van der Waals surface area contributed by atoms with Crippen LogP contribution >= 0.6 is 11.3 Å². The van der Waals surface area contributed by atoms with Gasteiger partial charge in [-0.25, -0.2) is 4.98 Å². The SMILES string of the molecule is COc1ccc(C(=O)Nc2ccc3scnc3c2)cc1CC1CCNC1. The summed E-state index contributed by atoms with van der Waals surface area (Å²) in [6.45, 7) is 2.08. The highest BCUT2D eigenvalue weighted by molar-refractivity contribution is 7.16. The first kappa shape index (κ1) is 17.0. The summed E-state index contributed by atoms with van der Waals surface area (Å²) in [5, 5.41) is 6.36. The van der Waals surface area contributed by atoms with E-state index in [1.54, 1.807) is 18.4 Å². The number of ether oxygens (including phenoxy) is 1. The smallest absolute Gasteiger partial charge is 0.255 e. The summed E-state index contributed by atoms with van der Waals surface area (Å²) < 4.78 is 6.60. The second-order valence-electron chi connectivity index (χ2n) is 6.58. The van der Waals surface area contributed by atoms with E-state index in [4.69, 9.17) is 4.74 Å². The van der Waals surface area contributed by atoms with Crippen LogP contribution in [0.25, 0.3) is 10.2 Å². The minimum absolute atomic E-state index is 0.118. The first-order chi connectivity index (χ1) is 12.7. The number of carbonyl (C=O) groups is 1. The van der Waals surface area contributed by atoms with Crippen LogP contribution in [0.1, 0.15) is 22.3 Å². The van der Waals surface area contributed by atoms with Crippen LogP contribution in [0.4, 0.5) is 5.69 Å². The van der Waals surface area contributed by atoms with Gasteiger partial charge in [-0.1, -0.05) is 0 Å². The van der Waals surface area contributed by atoms with Crippen molar-refractivity contribution in [1.82, 2.24) is 10.3 Å². The summed E-state index contributed by atoms with van der Waals surface area (Å²) in [6.07, 6.45) is 2.08. The Hall–Kier alpha value is -2.44. The molecule has 5 nitrogen and oxygen atoms in total. The van der Waals surface area contributed by atoms with E-state index in [0.717, 1.165) is 53.1 Å². The molecule has 0 aliphatic carbocycles. The molecule has 134 valence electrons. The molecule has 2 heterocycles. The zero-order chi connectivity index (χ0) is 17.9. The fourth-order valence-electron chi connectivity index (χ4n) is 3.42. The number of nitrogens with one attached hydrogen (secondary N) is 2. The molecule has 1 fully saturated rings. The molecule has 2 aromatic carbocycles. The molecule has 0 spiro atoms. The summed E-state index contributed by atoms with van der Waals surface area (Å²) in [4.78, 5) is 17.0. The van der Waals surface area contributed by atoms with Gasteiger partial charge in [0, 0.05) is 11.3 Å². The molecule has 1 aromatic heterocycles. The molecule has 1 unspecified atom stereocenters. The van der Waals surface area contributed by atoms with Crippen molar-refractivity contribution in [2.45, 2.75) is 12.8 Å². The molecule has 1 aliphatic heterocycles. The van der Waals surface area contributed by atoms with E-state index in [1.165, 1.54) is 0 Å². The molecule has 4 rings (SSSR count). The highest BCUT2D eigenvalue weighted by Crippen LogP contribution is 2.26. The molecule has 6 heteroatoms. The maximum atomic E-state index is 12.7. The van der Waals surface area contributed by atoms with Crippen molar-refractivity contribution < 1.29 is 9.53 Å².